The topological polar surface area (TPSA) is 38.0 Å². The molecule has 1 heterocycles. The number of thioether (sulfide) groups is 1. The van der Waals surface area contributed by atoms with E-state index in [2.05, 4.69) is 17.2 Å². The highest BCUT2D eigenvalue weighted by Crippen LogP contribution is 2.22. The van der Waals surface area contributed by atoms with Crippen molar-refractivity contribution >= 4 is 11.8 Å². The second kappa shape index (κ2) is 5.89. The summed E-state index contributed by atoms with van der Waals surface area (Å²) in [6, 6.07) is 10.4. The van der Waals surface area contributed by atoms with Gasteiger partial charge in [-0.15, -0.1) is 11.8 Å². The van der Waals surface area contributed by atoms with Crippen LogP contribution in [-0.2, 0) is 5.75 Å². The van der Waals surface area contributed by atoms with Crippen LogP contribution in [0.15, 0.2) is 47.6 Å². The molecule has 1 aromatic carbocycles. The van der Waals surface area contributed by atoms with Crippen LogP contribution in [-0.4, -0.2) is 21.5 Å². The molecule has 2 aromatic rings. The van der Waals surface area contributed by atoms with Gasteiger partial charge in [0.05, 0.1) is 18.8 Å². The van der Waals surface area contributed by atoms with Crippen LogP contribution in [0.3, 0.4) is 0 Å². The van der Waals surface area contributed by atoms with Gasteiger partial charge in [0, 0.05) is 16.8 Å². The number of aliphatic hydroxyl groups is 1. The monoisotopic (exact) mass is 248 g/mol. The SMILES string of the molecule is C[C@H](CO)n1cc(SCc2ccccc2)cn1. The molecule has 0 bridgehead atoms. The van der Waals surface area contributed by atoms with Crippen LogP contribution in [0.4, 0.5) is 0 Å². The zero-order valence-electron chi connectivity index (χ0n) is 9.78. The average molecular weight is 248 g/mol. The third-order valence-electron chi connectivity index (χ3n) is 2.54. The Labute approximate surface area is 105 Å². The van der Waals surface area contributed by atoms with E-state index >= 15 is 0 Å². The molecule has 0 fully saturated rings. The second-order valence-corrected chi connectivity index (χ2v) is 5.01. The van der Waals surface area contributed by atoms with Crippen molar-refractivity contribution in [2.24, 2.45) is 0 Å². The zero-order chi connectivity index (χ0) is 12.1. The number of aromatic nitrogens is 2. The molecule has 0 radical (unpaired) electrons. The Morgan fingerprint density at radius 2 is 2.12 bits per heavy atom. The van der Waals surface area contributed by atoms with Crippen molar-refractivity contribution in [3.05, 3.63) is 48.3 Å². The summed E-state index contributed by atoms with van der Waals surface area (Å²) in [6.07, 6.45) is 3.83. The van der Waals surface area contributed by atoms with Crippen molar-refractivity contribution in [2.45, 2.75) is 23.6 Å². The summed E-state index contributed by atoms with van der Waals surface area (Å²) in [5.41, 5.74) is 1.31. The van der Waals surface area contributed by atoms with E-state index in [0.717, 1.165) is 10.6 Å². The van der Waals surface area contributed by atoms with Gasteiger partial charge in [-0.3, -0.25) is 4.68 Å². The first-order chi connectivity index (χ1) is 8.29. The van der Waals surface area contributed by atoms with Gasteiger partial charge in [-0.05, 0) is 12.5 Å². The molecule has 0 spiro atoms. The van der Waals surface area contributed by atoms with Crippen LogP contribution in [0.2, 0.25) is 0 Å². The van der Waals surface area contributed by atoms with E-state index in [1.54, 1.807) is 16.4 Å². The summed E-state index contributed by atoms with van der Waals surface area (Å²) in [5.74, 6) is 0.944. The third kappa shape index (κ3) is 3.35. The normalized spacial score (nSPS) is 12.6. The minimum absolute atomic E-state index is 0.0427. The van der Waals surface area contributed by atoms with Gasteiger partial charge in [0.15, 0.2) is 0 Å². The maximum Gasteiger partial charge on any atom is 0.0722 e. The lowest BCUT2D eigenvalue weighted by atomic mass is 10.2. The smallest absolute Gasteiger partial charge is 0.0722 e. The number of hydrogen-bond acceptors (Lipinski definition) is 3. The van der Waals surface area contributed by atoms with Crippen molar-refractivity contribution in [1.29, 1.82) is 0 Å². The first-order valence-corrected chi connectivity index (χ1v) is 6.60. The lowest BCUT2D eigenvalue weighted by molar-refractivity contribution is 0.229. The number of aliphatic hydroxyl groups excluding tert-OH is 1. The molecule has 1 atom stereocenters. The van der Waals surface area contributed by atoms with Gasteiger partial charge in [-0.2, -0.15) is 5.10 Å². The van der Waals surface area contributed by atoms with Crippen LogP contribution in [0, 0.1) is 0 Å². The molecule has 0 unspecified atom stereocenters. The summed E-state index contributed by atoms with van der Waals surface area (Å²) in [5, 5.41) is 13.3. The fourth-order valence-electron chi connectivity index (χ4n) is 1.46. The van der Waals surface area contributed by atoms with Gasteiger partial charge in [-0.25, -0.2) is 0 Å². The minimum Gasteiger partial charge on any atom is -0.394 e. The Morgan fingerprint density at radius 3 is 2.82 bits per heavy atom. The molecule has 1 N–H and O–H groups in total. The molecule has 90 valence electrons. The lowest BCUT2D eigenvalue weighted by Crippen LogP contribution is -2.09. The molecule has 0 amide bonds. The molecule has 1 aromatic heterocycles. The molecule has 0 saturated carbocycles. The lowest BCUT2D eigenvalue weighted by Gasteiger charge is -2.06. The van der Waals surface area contributed by atoms with Gasteiger partial charge in [0.2, 0.25) is 0 Å². The summed E-state index contributed by atoms with van der Waals surface area (Å²) in [6.45, 7) is 2.06. The number of rotatable bonds is 5. The van der Waals surface area contributed by atoms with Gasteiger partial charge >= 0.3 is 0 Å². The first-order valence-electron chi connectivity index (χ1n) is 5.61. The molecule has 2 rings (SSSR count). The molecule has 0 saturated heterocycles. The maximum absolute atomic E-state index is 9.04. The van der Waals surface area contributed by atoms with Crippen molar-refractivity contribution in [3.8, 4) is 0 Å². The van der Waals surface area contributed by atoms with Gasteiger partial charge in [-0.1, -0.05) is 30.3 Å². The molecule has 0 aliphatic carbocycles. The quantitative estimate of drug-likeness (QED) is 0.827. The summed E-state index contributed by atoms with van der Waals surface area (Å²) in [4.78, 5) is 1.13. The van der Waals surface area contributed by atoms with E-state index in [1.807, 2.05) is 37.5 Å². The van der Waals surface area contributed by atoms with Crippen LogP contribution in [0.5, 0.6) is 0 Å². The van der Waals surface area contributed by atoms with Crippen molar-refractivity contribution in [1.82, 2.24) is 9.78 Å². The number of hydrogen-bond donors (Lipinski definition) is 1. The molecular weight excluding hydrogens is 232 g/mol. The molecule has 4 heteroatoms. The second-order valence-electron chi connectivity index (χ2n) is 3.96. The van der Waals surface area contributed by atoms with Crippen LogP contribution in [0.1, 0.15) is 18.5 Å². The van der Waals surface area contributed by atoms with E-state index in [9.17, 15) is 0 Å². The maximum atomic E-state index is 9.04. The Hall–Kier alpha value is -1.26. The predicted molar refractivity (Wildman–Crippen MR) is 70.0 cm³/mol. The van der Waals surface area contributed by atoms with Crippen molar-refractivity contribution < 1.29 is 5.11 Å². The van der Waals surface area contributed by atoms with Gasteiger partial charge < -0.3 is 5.11 Å². The zero-order valence-corrected chi connectivity index (χ0v) is 10.6. The number of benzene rings is 1. The Kier molecular flexibility index (Phi) is 4.23. The highest BCUT2D eigenvalue weighted by molar-refractivity contribution is 7.98. The standard InChI is InChI=1S/C13H16N2OS/c1-11(9-16)15-8-13(7-14-15)17-10-12-5-3-2-4-6-12/h2-8,11,16H,9-10H2,1H3/t11-/m1/s1. The van der Waals surface area contributed by atoms with E-state index in [0.29, 0.717) is 0 Å². The third-order valence-corrected chi connectivity index (χ3v) is 3.56. The summed E-state index contributed by atoms with van der Waals surface area (Å²) in [7, 11) is 0. The van der Waals surface area contributed by atoms with E-state index in [4.69, 9.17) is 5.11 Å². The summed E-state index contributed by atoms with van der Waals surface area (Å²) < 4.78 is 1.80. The fourth-order valence-corrected chi connectivity index (χ4v) is 2.29. The van der Waals surface area contributed by atoms with Crippen molar-refractivity contribution in [3.63, 3.8) is 0 Å². The molecule has 3 nitrogen and oxygen atoms in total. The molecule has 0 aliphatic rings. The van der Waals surface area contributed by atoms with Crippen molar-refractivity contribution in [2.75, 3.05) is 6.61 Å². The molecular formula is C13H16N2OS. The molecule has 17 heavy (non-hydrogen) atoms. The first kappa shape index (κ1) is 12.2. The average Bonchev–Trinajstić information content (AvgIpc) is 2.85. The van der Waals surface area contributed by atoms with Gasteiger partial charge in [0.1, 0.15) is 0 Å². The Balaban J connectivity index is 1.94. The largest absolute Gasteiger partial charge is 0.394 e. The summed E-state index contributed by atoms with van der Waals surface area (Å²) >= 11 is 1.76. The highest BCUT2D eigenvalue weighted by Gasteiger charge is 2.05. The van der Waals surface area contributed by atoms with E-state index in [-0.39, 0.29) is 12.6 Å². The Morgan fingerprint density at radius 1 is 1.35 bits per heavy atom. The van der Waals surface area contributed by atoms with E-state index in [1.165, 1.54) is 5.56 Å². The Bertz CT molecular complexity index is 455. The molecule has 0 aliphatic heterocycles. The van der Waals surface area contributed by atoms with Crippen LogP contribution < -0.4 is 0 Å². The van der Waals surface area contributed by atoms with Gasteiger partial charge in [0.25, 0.3) is 0 Å². The van der Waals surface area contributed by atoms with Crippen LogP contribution in [0.25, 0.3) is 0 Å². The van der Waals surface area contributed by atoms with E-state index < -0.39 is 0 Å². The fraction of sp³-hybridized carbons (Fsp3) is 0.308. The minimum atomic E-state index is 0.0427. The van der Waals surface area contributed by atoms with Crippen LogP contribution >= 0.6 is 11.8 Å². The number of nitrogens with zero attached hydrogens (tertiary/aromatic N) is 2. The predicted octanol–water partition coefficient (Wildman–Crippen LogP) is 2.73. The highest BCUT2D eigenvalue weighted by atomic mass is 32.2.